The van der Waals surface area contributed by atoms with Crippen LogP contribution in [-0.4, -0.2) is 13.2 Å². The van der Waals surface area contributed by atoms with Crippen molar-refractivity contribution < 1.29 is 4.74 Å². The molecule has 3 heteroatoms. The van der Waals surface area contributed by atoms with Crippen LogP contribution in [0, 0.1) is 11.3 Å². The van der Waals surface area contributed by atoms with E-state index in [1.807, 2.05) is 19.1 Å². The number of hydrogen-bond acceptors (Lipinski definition) is 3. The number of benzene rings is 1. The Morgan fingerprint density at radius 1 is 1.29 bits per heavy atom. The van der Waals surface area contributed by atoms with Gasteiger partial charge in [-0.25, -0.2) is 0 Å². The van der Waals surface area contributed by atoms with Crippen LogP contribution in [0.3, 0.4) is 0 Å². The van der Waals surface area contributed by atoms with Crippen molar-refractivity contribution in [1.82, 2.24) is 0 Å². The molecule has 0 spiro atoms. The van der Waals surface area contributed by atoms with Gasteiger partial charge in [0.2, 0.25) is 0 Å². The Balaban J connectivity index is 2.05. The fourth-order valence-electron chi connectivity index (χ4n) is 3.71. The lowest BCUT2D eigenvalue weighted by molar-refractivity contribution is 0.252. The maximum absolute atomic E-state index is 6.21. The molecule has 3 N–H and O–H groups in total. The molecule has 0 saturated heterocycles. The molecular weight excluding hydrogens is 260 g/mol. The zero-order valence-electron chi connectivity index (χ0n) is 13.7. The van der Waals surface area contributed by atoms with Crippen molar-refractivity contribution in [2.45, 2.75) is 52.9 Å². The normalized spacial score (nSPS) is 17.1. The molecule has 2 rings (SSSR count). The van der Waals surface area contributed by atoms with Gasteiger partial charge in [0.25, 0.3) is 0 Å². The summed E-state index contributed by atoms with van der Waals surface area (Å²) in [6.45, 7) is 8.29. The first-order valence-electron chi connectivity index (χ1n) is 8.31. The summed E-state index contributed by atoms with van der Waals surface area (Å²) >= 11 is 0. The van der Waals surface area contributed by atoms with Crippen LogP contribution in [0.4, 0.5) is 11.4 Å². The van der Waals surface area contributed by atoms with Crippen LogP contribution in [0.5, 0.6) is 5.75 Å². The van der Waals surface area contributed by atoms with Crippen molar-refractivity contribution in [2.75, 3.05) is 24.2 Å². The van der Waals surface area contributed by atoms with E-state index in [9.17, 15) is 0 Å². The first-order valence-corrected chi connectivity index (χ1v) is 8.31. The van der Waals surface area contributed by atoms with Crippen LogP contribution in [0.15, 0.2) is 18.2 Å². The molecule has 0 aromatic heterocycles. The predicted molar refractivity (Wildman–Crippen MR) is 90.9 cm³/mol. The van der Waals surface area contributed by atoms with E-state index in [0.29, 0.717) is 12.0 Å². The third-order valence-electron chi connectivity index (χ3n) is 4.53. The van der Waals surface area contributed by atoms with Gasteiger partial charge < -0.3 is 15.8 Å². The minimum atomic E-state index is 0.447. The molecule has 0 aliphatic heterocycles. The molecule has 118 valence electrons. The fraction of sp³-hybridized carbons (Fsp3) is 0.667. The van der Waals surface area contributed by atoms with Crippen molar-refractivity contribution in [2.24, 2.45) is 11.3 Å². The number of nitrogen functional groups attached to an aromatic ring is 1. The molecule has 1 aromatic rings. The molecule has 1 aliphatic rings. The number of nitrogens with one attached hydrogen (secondary N) is 1. The average Bonchev–Trinajstić information content (AvgIpc) is 2.88. The van der Waals surface area contributed by atoms with Gasteiger partial charge in [0, 0.05) is 6.54 Å². The van der Waals surface area contributed by atoms with Crippen LogP contribution >= 0.6 is 0 Å². The van der Waals surface area contributed by atoms with Crippen molar-refractivity contribution in [1.29, 1.82) is 0 Å². The molecule has 0 atom stereocenters. The van der Waals surface area contributed by atoms with Gasteiger partial charge in [-0.2, -0.15) is 0 Å². The van der Waals surface area contributed by atoms with Crippen molar-refractivity contribution in [3.05, 3.63) is 18.2 Å². The molecule has 1 saturated carbocycles. The molecule has 0 heterocycles. The van der Waals surface area contributed by atoms with Gasteiger partial charge in [-0.05, 0) is 49.7 Å². The summed E-state index contributed by atoms with van der Waals surface area (Å²) in [6, 6.07) is 5.99. The quantitative estimate of drug-likeness (QED) is 0.716. The summed E-state index contributed by atoms with van der Waals surface area (Å²) in [6.07, 6.45) is 6.70. The molecule has 1 aromatic carbocycles. The zero-order valence-corrected chi connectivity index (χ0v) is 13.7. The van der Waals surface area contributed by atoms with Gasteiger partial charge in [0.05, 0.1) is 18.0 Å². The SMILES string of the molecule is CCOc1cccc(NCC2(CC(C)C)CCCC2)c1N. The lowest BCUT2D eigenvalue weighted by atomic mass is 9.78. The second-order valence-corrected chi connectivity index (χ2v) is 6.81. The number of nitrogens with two attached hydrogens (primary N) is 1. The Morgan fingerprint density at radius 2 is 2.00 bits per heavy atom. The van der Waals surface area contributed by atoms with E-state index in [1.165, 1.54) is 32.1 Å². The maximum atomic E-state index is 6.21. The third kappa shape index (κ3) is 4.05. The summed E-state index contributed by atoms with van der Waals surface area (Å²) in [7, 11) is 0. The largest absolute Gasteiger partial charge is 0.492 e. The second-order valence-electron chi connectivity index (χ2n) is 6.81. The molecule has 1 aliphatic carbocycles. The van der Waals surface area contributed by atoms with Crippen LogP contribution in [0.25, 0.3) is 0 Å². The Kier molecular flexibility index (Phi) is 5.38. The summed E-state index contributed by atoms with van der Waals surface area (Å²) in [5.74, 6) is 1.53. The van der Waals surface area contributed by atoms with Crippen LogP contribution in [-0.2, 0) is 0 Å². The molecular formula is C18H30N2O. The molecule has 0 amide bonds. The summed E-state index contributed by atoms with van der Waals surface area (Å²) in [4.78, 5) is 0. The van der Waals surface area contributed by atoms with E-state index >= 15 is 0 Å². The first kappa shape index (κ1) is 16.0. The van der Waals surface area contributed by atoms with Gasteiger partial charge in [-0.3, -0.25) is 0 Å². The molecule has 0 bridgehead atoms. The van der Waals surface area contributed by atoms with Gasteiger partial charge in [-0.1, -0.05) is 32.8 Å². The van der Waals surface area contributed by atoms with Crippen LogP contribution in [0.2, 0.25) is 0 Å². The lowest BCUT2D eigenvalue weighted by Gasteiger charge is -2.32. The van der Waals surface area contributed by atoms with Crippen LogP contribution < -0.4 is 15.8 Å². The maximum Gasteiger partial charge on any atom is 0.144 e. The molecule has 21 heavy (non-hydrogen) atoms. The summed E-state index contributed by atoms with van der Waals surface area (Å²) < 4.78 is 5.57. The van der Waals surface area contributed by atoms with E-state index in [1.54, 1.807) is 0 Å². The number of rotatable bonds is 7. The number of ether oxygens (including phenoxy) is 1. The van der Waals surface area contributed by atoms with Crippen molar-refractivity contribution in [3.63, 3.8) is 0 Å². The topological polar surface area (TPSA) is 47.3 Å². The standard InChI is InChI=1S/C18H30N2O/c1-4-21-16-9-7-8-15(17(16)19)20-13-18(12-14(2)3)10-5-6-11-18/h7-9,14,20H,4-6,10-13,19H2,1-3H3. The van der Waals surface area contributed by atoms with Gasteiger partial charge >= 0.3 is 0 Å². The predicted octanol–water partition coefficient (Wildman–Crippen LogP) is 4.69. The van der Waals surface area contributed by atoms with Gasteiger partial charge in [-0.15, -0.1) is 0 Å². The molecule has 1 fully saturated rings. The highest BCUT2D eigenvalue weighted by Gasteiger charge is 2.34. The van der Waals surface area contributed by atoms with Crippen molar-refractivity contribution >= 4 is 11.4 Å². The minimum absolute atomic E-state index is 0.447. The lowest BCUT2D eigenvalue weighted by Crippen LogP contribution is -2.28. The highest BCUT2D eigenvalue weighted by Crippen LogP contribution is 2.43. The highest BCUT2D eigenvalue weighted by molar-refractivity contribution is 5.72. The minimum Gasteiger partial charge on any atom is -0.492 e. The third-order valence-corrected chi connectivity index (χ3v) is 4.53. The van der Waals surface area contributed by atoms with E-state index in [0.717, 1.165) is 29.6 Å². The highest BCUT2D eigenvalue weighted by atomic mass is 16.5. The van der Waals surface area contributed by atoms with Gasteiger partial charge in [0.1, 0.15) is 5.75 Å². The summed E-state index contributed by atoms with van der Waals surface area (Å²) in [5.41, 5.74) is 8.40. The van der Waals surface area contributed by atoms with E-state index in [2.05, 4.69) is 25.2 Å². The summed E-state index contributed by atoms with van der Waals surface area (Å²) in [5, 5.41) is 3.59. The number of para-hydroxylation sites is 1. The monoisotopic (exact) mass is 290 g/mol. The van der Waals surface area contributed by atoms with E-state index < -0.39 is 0 Å². The average molecular weight is 290 g/mol. The molecule has 0 radical (unpaired) electrons. The Labute approximate surface area is 129 Å². The van der Waals surface area contributed by atoms with Crippen molar-refractivity contribution in [3.8, 4) is 5.75 Å². The number of anilines is 2. The zero-order chi connectivity index (χ0) is 15.3. The Morgan fingerprint density at radius 3 is 2.62 bits per heavy atom. The Hall–Kier alpha value is -1.38. The molecule has 0 unspecified atom stereocenters. The number of hydrogen-bond donors (Lipinski definition) is 2. The Bertz CT molecular complexity index is 451. The first-order chi connectivity index (χ1) is 10.1. The van der Waals surface area contributed by atoms with Gasteiger partial charge in [0.15, 0.2) is 0 Å². The van der Waals surface area contributed by atoms with E-state index in [4.69, 9.17) is 10.5 Å². The smallest absolute Gasteiger partial charge is 0.144 e. The van der Waals surface area contributed by atoms with E-state index in [-0.39, 0.29) is 0 Å². The van der Waals surface area contributed by atoms with Crippen LogP contribution in [0.1, 0.15) is 52.9 Å². The molecule has 3 nitrogen and oxygen atoms in total. The fourth-order valence-corrected chi connectivity index (χ4v) is 3.71. The second kappa shape index (κ2) is 7.06.